The molecule has 6 nitrogen and oxygen atoms in total. The van der Waals surface area contributed by atoms with Crippen molar-refractivity contribution in [1.82, 2.24) is 15.3 Å². The number of aromatic nitrogens is 2. The number of hydrogen-bond donors (Lipinski definition) is 2. The standard InChI is InChI=1S/C14H25N5O/c1-5-8-16-14(20)10-19(4)13-9-12(15-7-3)17-11(6-2)18-13/h9H,5-8,10H2,1-4H3,(H,16,20)(H,15,17,18). The summed E-state index contributed by atoms with van der Waals surface area (Å²) in [6, 6.07) is 1.87. The lowest BCUT2D eigenvalue weighted by Gasteiger charge is -2.19. The Balaban J connectivity index is 2.77. The molecule has 0 aliphatic rings. The van der Waals surface area contributed by atoms with Crippen LogP contribution < -0.4 is 15.5 Å². The van der Waals surface area contributed by atoms with Crippen LogP contribution in [0.1, 0.15) is 33.0 Å². The van der Waals surface area contributed by atoms with E-state index in [-0.39, 0.29) is 5.91 Å². The number of carbonyl (C=O) groups is 1. The maximum absolute atomic E-state index is 11.7. The number of rotatable bonds is 8. The second kappa shape index (κ2) is 8.35. The molecule has 0 unspecified atom stereocenters. The smallest absolute Gasteiger partial charge is 0.239 e. The number of likely N-dealkylation sites (N-methyl/N-ethyl adjacent to an activating group) is 1. The molecule has 1 aromatic heterocycles. The molecular weight excluding hydrogens is 254 g/mol. The van der Waals surface area contributed by atoms with Crippen molar-refractivity contribution in [3.05, 3.63) is 11.9 Å². The van der Waals surface area contributed by atoms with Gasteiger partial charge in [-0.3, -0.25) is 4.79 Å². The van der Waals surface area contributed by atoms with Crippen LogP contribution in [0.2, 0.25) is 0 Å². The second-order valence-electron chi connectivity index (χ2n) is 4.62. The molecule has 6 heteroatoms. The lowest BCUT2D eigenvalue weighted by atomic mass is 10.4. The molecule has 1 rings (SSSR count). The van der Waals surface area contributed by atoms with E-state index in [9.17, 15) is 4.79 Å². The Hall–Kier alpha value is -1.85. The number of nitrogens with one attached hydrogen (secondary N) is 2. The number of anilines is 2. The maximum Gasteiger partial charge on any atom is 0.239 e. The van der Waals surface area contributed by atoms with Crippen LogP contribution in [0.3, 0.4) is 0 Å². The molecule has 0 aliphatic heterocycles. The van der Waals surface area contributed by atoms with Crippen molar-refractivity contribution in [3.8, 4) is 0 Å². The molecule has 0 radical (unpaired) electrons. The number of nitrogens with zero attached hydrogens (tertiary/aromatic N) is 3. The molecule has 0 spiro atoms. The molecule has 0 saturated carbocycles. The molecule has 0 saturated heterocycles. The predicted molar refractivity (Wildman–Crippen MR) is 82.1 cm³/mol. The minimum atomic E-state index is 0.0102. The highest BCUT2D eigenvalue weighted by Crippen LogP contribution is 2.15. The number of carbonyl (C=O) groups excluding carboxylic acids is 1. The van der Waals surface area contributed by atoms with Gasteiger partial charge in [0, 0.05) is 32.6 Å². The van der Waals surface area contributed by atoms with Crippen LogP contribution in [0.25, 0.3) is 0 Å². The van der Waals surface area contributed by atoms with Crippen LogP contribution in [-0.2, 0) is 11.2 Å². The quantitative estimate of drug-likeness (QED) is 0.753. The molecule has 112 valence electrons. The molecule has 0 bridgehead atoms. The summed E-state index contributed by atoms with van der Waals surface area (Å²) in [5.74, 6) is 2.35. The van der Waals surface area contributed by atoms with Gasteiger partial charge in [0.1, 0.15) is 17.5 Å². The molecule has 1 heterocycles. The highest BCUT2D eigenvalue weighted by molar-refractivity contribution is 5.80. The SMILES string of the molecule is CCCNC(=O)CN(C)c1cc(NCC)nc(CC)n1. The fourth-order valence-electron chi connectivity index (χ4n) is 1.73. The Morgan fingerprint density at radius 3 is 2.65 bits per heavy atom. The molecule has 2 N–H and O–H groups in total. The van der Waals surface area contributed by atoms with Gasteiger partial charge < -0.3 is 15.5 Å². The van der Waals surface area contributed by atoms with Crippen LogP contribution in [0.4, 0.5) is 11.6 Å². The van der Waals surface area contributed by atoms with Crippen molar-refractivity contribution in [1.29, 1.82) is 0 Å². The minimum Gasteiger partial charge on any atom is -0.370 e. The molecule has 0 fully saturated rings. The van der Waals surface area contributed by atoms with Gasteiger partial charge in [-0.15, -0.1) is 0 Å². The summed E-state index contributed by atoms with van der Waals surface area (Å²) < 4.78 is 0. The Labute approximate surface area is 121 Å². The van der Waals surface area contributed by atoms with Gasteiger partial charge in [0.2, 0.25) is 5.91 Å². The molecule has 1 aromatic rings. The first kappa shape index (κ1) is 16.2. The summed E-state index contributed by atoms with van der Waals surface area (Å²) in [6.07, 6.45) is 1.70. The zero-order valence-electron chi connectivity index (χ0n) is 12.9. The predicted octanol–water partition coefficient (Wildman–Crippen LogP) is 1.43. The lowest BCUT2D eigenvalue weighted by molar-refractivity contribution is -0.119. The molecular formula is C14H25N5O. The third-order valence-corrected chi connectivity index (χ3v) is 2.78. The van der Waals surface area contributed by atoms with Crippen molar-refractivity contribution in [2.24, 2.45) is 0 Å². The number of amides is 1. The van der Waals surface area contributed by atoms with E-state index in [4.69, 9.17) is 0 Å². The van der Waals surface area contributed by atoms with Crippen molar-refractivity contribution in [2.75, 3.05) is 36.9 Å². The Morgan fingerprint density at radius 1 is 1.30 bits per heavy atom. The van der Waals surface area contributed by atoms with Crippen LogP contribution in [-0.4, -0.2) is 42.6 Å². The van der Waals surface area contributed by atoms with Gasteiger partial charge in [-0.25, -0.2) is 9.97 Å². The van der Waals surface area contributed by atoms with Crippen LogP contribution in [0.15, 0.2) is 6.07 Å². The fourth-order valence-corrected chi connectivity index (χ4v) is 1.73. The third-order valence-electron chi connectivity index (χ3n) is 2.78. The van der Waals surface area contributed by atoms with Gasteiger partial charge in [0.05, 0.1) is 6.54 Å². The highest BCUT2D eigenvalue weighted by Gasteiger charge is 2.10. The number of aryl methyl sites for hydroxylation is 1. The molecule has 0 aromatic carbocycles. The minimum absolute atomic E-state index is 0.0102. The topological polar surface area (TPSA) is 70.2 Å². The molecule has 0 atom stereocenters. The first-order valence-corrected chi connectivity index (χ1v) is 7.20. The van der Waals surface area contributed by atoms with E-state index in [1.165, 1.54) is 0 Å². The van der Waals surface area contributed by atoms with E-state index < -0.39 is 0 Å². The first-order valence-electron chi connectivity index (χ1n) is 7.20. The highest BCUT2D eigenvalue weighted by atomic mass is 16.2. The van der Waals surface area contributed by atoms with Crippen LogP contribution >= 0.6 is 0 Å². The van der Waals surface area contributed by atoms with E-state index in [2.05, 4.69) is 20.6 Å². The third kappa shape index (κ3) is 5.03. The fraction of sp³-hybridized carbons (Fsp3) is 0.643. The largest absolute Gasteiger partial charge is 0.370 e. The average molecular weight is 279 g/mol. The van der Waals surface area contributed by atoms with Crippen molar-refractivity contribution < 1.29 is 4.79 Å². The average Bonchev–Trinajstić information content (AvgIpc) is 2.45. The van der Waals surface area contributed by atoms with Crippen molar-refractivity contribution in [3.63, 3.8) is 0 Å². The van der Waals surface area contributed by atoms with Crippen LogP contribution in [0, 0.1) is 0 Å². The Morgan fingerprint density at radius 2 is 2.05 bits per heavy atom. The monoisotopic (exact) mass is 279 g/mol. The normalized spacial score (nSPS) is 10.2. The van der Waals surface area contributed by atoms with E-state index in [1.807, 2.05) is 38.8 Å². The van der Waals surface area contributed by atoms with Gasteiger partial charge in [-0.05, 0) is 13.3 Å². The summed E-state index contributed by atoms with van der Waals surface area (Å²) in [6.45, 7) is 7.88. The molecule has 1 amide bonds. The second-order valence-corrected chi connectivity index (χ2v) is 4.62. The zero-order valence-corrected chi connectivity index (χ0v) is 12.9. The summed E-state index contributed by atoms with van der Waals surface area (Å²) in [7, 11) is 1.86. The number of hydrogen-bond acceptors (Lipinski definition) is 5. The van der Waals surface area contributed by atoms with Gasteiger partial charge in [0.15, 0.2) is 0 Å². The van der Waals surface area contributed by atoms with Gasteiger partial charge in [-0.2, -0.15) is 0 Å². The summed E-state index contributed by atoms with van der Waals surface area (Å²) >= 11 is 0. The van der Waals surface area contributed by atoms with E-state index in [1.54, 1.807) is 0 Å². The summed E-state index contributed by atoms with van der Waals surface area (Å²) in [4.78, 5) is 22.4. The van der Waals surface area contributed by atoms with Crippen molar-refractivity contribution >= 4 is 17.5 Å². The van der Waals surface area contributed by atoms with E-state index in [0.29, 0.717) is 13.1 Å². The van der Waals surface area contributed by atoms with E-state index in [0.717, 1.165) is 36.8 Å². The van der Waals surface area contributed by atoms with Crippen molar-refractivity contribution in [2.45, 2.75) is 33.6 Å². The van der Waals surface area contributed by atoms with Crippen LogP contribution in [0.5, 0.6) is 0 Å². The molecule has 0 aliphatic carbocycles. The van der Waals surface area contributed by atoms with Gasteiger partial charge in [-0.1, -0.05) is 13.8 Å². The van der Waals surface area contributed by atoms with Gasteiger partial charge in [0.25, 0.3) is 0 Å². The first-order chi connectivity index (χ1) is 9.60. The zero-order chi connectivity index (χ0) is 15.0. The van der Waals surface area contributed by atoms with E-state index >= 15 is 0 Å². The Bertz CT molecular complexity index is 436. The summed E-state index contributed by atoms with van der Waals surface area (Å²) in [5.41, 5.74) is 0. The Kier molecular flexibility index (Phi) is 6.76. The molecule has 20 heavy (non-hydrogen) atoms. The van der Waals surface area contributed by atoms with Gasteiger partial charge >= 0.3 is 0 Å². The summed E-state index contributed by atoms with van der Waals surface area (Å²) in [5, 5.41) is 6.05. The lowest BCUT2D eigenvalue weighted by Crippen LogP contribution is -2.36. The maximum atomic E-state index is 11.7.